The van der Waals surface area contributed by atoms with Crippen molar-refractivity contribution in [3.8, 4) is 0 Å². The summed E-state index contributed by atoms with van der Waals surface area (Å²) >= 11 is 12.3. The molecule has 1 aromatic carbocycles. The molecule has 4 nitrogen and oxygen atoms in total. The normalized spacial score (nSPS) is 12.7. The van der Waals surface area contributed by atoms with Gasteiger partial charge in [0.2, 0.25) is 0 Å². The van der Waals surface area contributed by atoms with Crippen LogP contribution in [0.3, 0.4) is 0 Å². The first-order valence-electron chi connectivity index (χ1n) is 6.03. The summed E-state index contributed by atoms with van der Waals surface area (Å²) in [6.07, 6.45) is 0. The fourth-order valence-corrected chi connectivity index (χ4v) is 2.42. The van der Waals surface area contributed by atoms with E-state index in [0.29, 0.717) is 35.7 Å². The highest BCUT2D eigenvalue weighted by atomic mass is 127. The van der Waals surface area contributed by atoms with E-state index >= 15 is 0 Å². The molecule has 3 N–H and O–H groups in total. The first-order valence-corrected chi connectivity index (χ1v) is 6.78. The van der Waals surface area contributed by atoms with Crippen LogP contribution in [-0.2, 0) is 4.74 Å². The third-order valence-electron chi connectivity index (χ3n) is 2.64. The van der Waals surface area contributed by atoms with Crippen LogP contribution in [0.4, 0.5) is 0 Å². The maximum atomic E-state index is 6.15. The average molecular weight is 432 g/mol. The van der Waals surface area contributed by atoms with Crippen molar-refractivity contribution in [2.75, 3.05) is 26.8 Å². The lowest BCUT2D eigenvalue weighted by Crippen LogP contribution is -2.34. The van der Waals surface area contributed by atoms with E-state index in [2.05, 4.69) is 10.3 Å². The summed E-state index contributed by atoms with van der Waals surface area (Å²) in [5.41, 5.74) is 6.64. The Morgan fingerprint density at radius 1 is 1.40 bits per heavy atom. The smallest absolute Gasteiger partial charge is 0.188 e. The minimum absolute atomic E-state index is 0. The Morgan fingerprint density at radius 2 is 2.00 bits per heavy atom. The fraction of sp³-hybridized carbons (Fsp3) is 0.462. The fourth-order valence-electron chi connectivity index (χ4n) is 1.65. The van der Waals surface area contributed by atoms with Gasteiger partial charge in [-0.05, 0) is 17.7 Å². The van der Waals surface area contributed by atoms with Crippen molar-refractivity contribution in [1.82, 2.24) is 5.32 Å². The van der Waals surface area contributed by atoms with E-state index in [1.165, 1.54) is 0 Å². The van der Waals surface area contributed by atoms with Crippen LogP contribution in [0.1, 0.15) is 18.4 Å². The highest BCUT2D eigenvalue weighted by molar-refractivity contribution is 14.0. The summed E-state index contributed by atoms with van der Waals surface area (Å²) in [5, 5.41) is 4.26. The second-order valence-corrected chi connectivity index (χ2v) is 5.00. The number of halogens is 3. The lowest BCUT2D eigenvalue weighted by Gasteiger charge is -2.13. The molecule has 0 aliphatic rings. The molecule has 1 atom stereocenters. The number of aliphatic imine (C=N–C) groups is 1. The van der Waals surface area contributed by atoms with E-state index in [1.807, 2.05) is 25.1 Å². The second-order valence-electron chi connectivity index (χ2n) is 4.18. The van der Waals surface area contributed by atoms with Gasteiger partial charge in [0, 0.05) is 36.2 Å². The second kappa shape index (κ2) is 10.5. The van der Waals surface area contributed by atoms with E-state index in [-0.39, 0.29) is 29.9 Å². The molecule has 0 aliphatic carbocycles. The number of nitrogens with one attached hydrogen (secondary N) is 1. The van der Waals surface area contributed by atoms with Gasteiger partial charge in [-0.15, -0.1) is 24.0 Å². The Balaban J connectivity index is 0.00000361. The number of nitrogens with zero attached hydrogens (tertiary/aromatic N) is 1. The Kier molecular flexibility index (Phi) is 10.4. The van der Waals surface area contributed by atoms with Crippen molar-refractivity contribution >= 4 is 53.1 Å². The van der Waals surface area contributed by atoms with Gasteiger partial charge in [0.1, 0.15) is 0 Å². The summed E-state index contributed by atoms with van der Waals surface area (Å²) in [6, 6.07) is 5.47. The Morgan fingerprint density at radius 3 is 2.55 bits per heavy atom. The summed E-state index contributed by atoms with van der Waals surface area (Å²) in [6.45, 7) is 3.75. The molecule has 0 heterocycles. The van der Waals surface area contributed by atoms with E-state index in [4.69, 9.17) is 33.7 Å². The lowest BCUT2D eigenvalue weighted by molar-refractivity contribution is 0.204. The SMILES string of the molecule is COCCNC(N)=NCC(C)c1c(Cl)cccc1Cl.I. The molecule has 1 aromatic rings. The van der Waals surface area contributed by atoms with Crippen molar-refractivity contribution in [3.63, 3.8) is 0 Å². The molecule has 0 aromatic heterocycles. The van der Waals surface area contributed by atoms with Gasteiger partial charge < -0.3 is 15.8 Å². The molecule has 1 unspecified atom stereocenters. The van der Waals surface area contributed by atoms with Crippen LogP contribution in [0.15, 0.2) is 23.2 Å². The van der Waals surface area contributed by atoms with Crippen molar-refractivity contribution in [2.24, 2.45) is 10.7 Å². The molecule has 0 aliphatic heterocycles. The molecule has 0 bridgehead atoms. The van der Waals surface area contributed by atoms with Crippen molar-refractivity contribution in [3.05, 3.63) is 33.8 Å². The molecule has 0 saturated heterocycles. The van der Waals surface area contributed by atoms with Gasteiger partial charge >= 0.3 is 0 Å². The zero-order chi connectivity index (χ0) is 14.3. The van der Waals surface area contributed by atoms with Gasteiger partial charge in [0.15, 0.2) is 5.96 Å². The maximum absolute atomic E-state index is 6.15. The van der Waals surface area contributed by atoms with Gasteiger partial charge in [-0.3, -0.25) is 4.99 Å². The molecule has 20 heavy (non-hydrogen) atoms. The van der Waals surface area contributed by atoms with E-state index < -0.39 is 0 Å². The maximum Gasteiger partial charge on any atom is 0.188 e. The molecule has 0 fully saturated rings. The number of ether oxygens (including phenoxy) is 1. The number of hydrogen-bond donors (Lipinski definition) is 2. The van der Waals surface area contributed by atoms with Crippen molar-refractivity contribution in [2.45, 2.75) is 12.8 Å². The number of guanidine groups is 1. The topological polar surface area (TPSA) is 59.6 Å². The molecule has 0 spiro atoms. The van der Waals surface area contributed by atoms with Crippen LogP contribution in [-0.4, -0.2) is 32.8 Å². The zero-order valence-corrected chi connectivity index (χ0v) is 15.4. The third kappa shape index (κ3) is 6.47. The van der Waals surface area contributed by atoms with Crippen LogP contribution in [0.25, 0.3) is 0 Å². The summed E-state index contributed by atoms with van der Waals surface area (Å²) in [5.74, 6) is 0.496. The lowest BCUT2D eigenvalue weighted by atomic mass is 10.0. The highest BCUT2D eigenvalue weighted by Gasteiger charge is 2.13. The molecule has 7 heteroatoms. The Hall–Kier alpha value is -0.240. The molecular weight excluding hydrogens is 412 g/mol. The summed E-state index contributed by atoms with van der Waals surface area (Å²) in [7, 11) is 1.64. The number of nitrogens with two attached hydrogens (primary N) is 1. The Labute approximate surface area is 147 Å². The van der Waals surface area contributed by atoms with Gasteiger partial charge in [-0.1, -0.05) is 36.2 Å². The predicted octanol–water partition coefficient (Wildman–Crippen LogP) is 3.27. The van der Waals surface area contributed by atoms with Crippen molar-refractivity contribution in [1.29, 1.82) is 0 Å². The standard InChI is InChI=1S/C13H19Cl2N3O.HI/c1-9(8-18-13(16)17-6-7-19-2)12-10(14)4-3-5-11(12)15;/h3-5,9H,6-8H2,1-2H3,(H3,16,17,18);1H. The van der Waals surface area contributed by atoms with Crippen LogP contribution < -0.4 is 11.1 Å². The average Bonchev–Trinajstić information content (AvgIpc) is 2.36. The van der Waals surface area contributed by atoms with E-state index in [1.54, 1.807) is 7.11 Å². The highest BCUT2D eigenvalue weighted by Crippen LogP contribution is 2.31. The molecule has 0 saturated carbocycles. The number of methoxy groups -OCH3 is 1. The van der Waals surface area contributed by atoms with Crippen LogP contribution in [0.5, 0.6) is 0 Å². The molecule has 1 rings (SSSR count). The third-order valence-corrected chi connectivity index (χ3v) is 3.30. The number of hydrogen-bond acceptors (Lipinski definition) is 2. The van der Waals surface area contributed by atoms with Crippen LogP contribution in [0, 0.1) is 0 Å². The van der Waals surface area contributed by atoms with Gasteiger partial charge in [0.25, 0.3) is 0 Å². The van der Waals surface area contributed by atoms with E-state index in [0.717, 1.165) is 5.56 Å². The first kappa shape index (κ1) is 19.8. The zero-order valence-electron chi connectivity index (χ0n) is 11.5. The summed E-state index contributed by atoms with van der Waals surface area (Å²) < 4.78 is 4.91. The van der Waals surface area contributed by atoms with Crippen LogP contribution >= 0.6 is 47.2 Å². The van der Waals surface area contributed by atoms with Gasteiger partial charge in [0.05, 0.1) is 6.61 Å². The number of benzene rings is 1. The monoisotopic (exact) mass is 431 g/mol. The van der Waals surface area contributed by atoms with E-state index in [9.17, 15) is 0 Å². The quantitative estimate of drug-likeness (QED) is 0.314. The minimum Gasteiger partial charge on any atom is -0.383 e. The molecule has 0 amide bonds. The largest absolute Gasteiger partial charge is 0.383 e. The first-order chi connectivity index (χ1) is 9.06. The van der Waals surface area contributed by atoms with Gasteiger partial charge in [-0.25, -0.2) is 0 Å². The van der Waals surface area contributed by atoms with Crippen LogP contribution in [0.2, 0.25) is 10.0 Å². The molecule has 114 valence electrons. The molecule has 0 radical (unpaired) electrons. The summed E-state index contributed by atoms with van der Waals surface area (Å²) in [4.78, 5) is 4.26. The van der Waals surface area contributed by atoms with Gasteiger partial charge in [-0.2, -0.15) is 0 Å². The molecular formula is C13H20Cl2IN3O. The predicted molar refractivity (Wildman–Crippen MR) is 96.7 cm³/mol. The van der Waals surface area contributed by atoms with Crippen molar-refractivity contribution < 1.29 is 4.74 Å². The minimum atomic E-state index is 0. The Bertz CT molecular complexity index is 423. The number of rotatable bonds is 6.